The lowest BCUT2D eigenvalue weighted by Crippen LogP contribution is -2.42. The summed E-state index contributed by atoms with van der Waals surface area (Å²) in [4.78, 5) is 14.8. The molecule has 1 fully saturated rings. The summed E-state index contributed by atoms with van der Waals surface area (Å²) in [7, 11) is 0. The number of benzene rings is 2. The van der Waals surface area contributed by atoms with Crippen molar-refractivity contribution in [3.8, 4) is 11.5 Å². The van der Waals surface area contributed by atoms with Crippen LogP contribution in [-0.2, 0) is 16.1 Å². The van der Waals surface area contributed by atoms with Crippen LogP contribution in [0, 0.1) is 11.3 Å². The molecule has 166 valence electrons. The molecule has 0 aromatic heterocycles. The molecule has 1 atom stereocenters. The molecule has 0 saturated carbocycles. The Morgan fingerprint density at radius 1 is 1.06 bits per heavy atom. The Labute approximate surface area is 185 Å². The highest BCUT2D eigenvalue weighted by Gasteiger charge is 2.39. The Balaban J connectivity index is 1.30. The lowest BCUT2D eigenvalue weighted by atomic mass is 9.73. The number of para-hydroxylation sites is 2. The molecule has 2 aromatic carbocycles. The Morgan fingerprint density at radius 3 is 2.42 bits per heavy atom. The number of ether oxygens (including phenoxy) is 3. The number of hydrogen-bond acceptors (Lipinski definition) is 5. The Morgan fingerprint density at radius 2 is 1.74 bits per heavy atom. The van der Waals surface area contributed by atoms with Gasteiger partial charge in [-0.25, -0.2) is 0 Å². The molecule has 2 heterocycles. The van der Waals surface area contributed by atoms with Gasteiger partial charge in [-0.15, -0.1) is 0 Å². The zero-order valence-electron chi connectivity index (χ0n) is 18.8. The van der Waals surface area contributed by atoms with Gasteiger partial charge < -0.3 is 14.2 Å². The van der Waals surface area contributed by atoms with Crippen molar-refractivity contribution in [1.29, 1.82) is 0 Å². The summed E-state index contributed by atoms with van der Waals surface area (Å²) in [6, 6.07) is 16.5. The number of esters is 1. The predicted molar refractivity (Wildman–Crippen MR) is 120 cm³/mol. The molecule has 0 unspecified atom stereocenters. The zero-order valence-corrected chi connectivity index (χ0v) is 18.8. The van der Waals surface area contributed by atoms with Crippen LogP contribution in [0.4, 0.5) is 0 Å². The Kier molecular flexibility index (Phi) is 6.51. The first-order valence-electron chi connectivity index (χ1n) is 11.3. The number of fused-ring (bicyclic) bond motifs is 1. The van der Waals surface area contributed by atoms with Gasteiger partial charge in [0.05, 0.1) is 12.0 Å². The highest BCUT2D eigenvalue weighted by molar-refractivity contribution is 5.76. The van der Waals surface area contributed by atoms with Gasteiger partial charge in [-0.2, -0.15) is 0 Å². The van der Waals surface area contributed by atoms with E-state index in [1.807, 2.05) is 45.0 Å². The zero-order chi connectivity index (χ0) is 21.8. The number of carbonyl (C=O) groups is 1. The topological polar surface area (TPSA) is 48.0 Å². The van der Waals surface area contributed by atoms with Crippen LogP contribution >= 0.6 is 0 Å². The van der Waals surface area contributed by atoms with Crippen molar-refractivity contribution < 1.29 is 19.0 Å². The normalized spacial score (nSPS) is 19.8. The van der Waals surface area contributed by atoms with Gasteiger partial charge >= 0.3 is 5.97 Å². The molecule has 5 heteroatoms. The van der Waals surface area contributed by atoms with Gasteiger partial charge in [0.25, 0.3) is 0 Å². The molecule has 4 rings (SSSR count). The van der Waals surface area contributed by atoms with Crippen LogP contribution in [0.25, 0.3) is 0 Å². The summed E-state index contributed by atoms with van der Waals surface area (Å²) in [6.45, 7) is 9.84. The van der Waals surface area contributed by atoms with E-state index in [0.29, 0.717) is 19.1 Å². The summed E-state index contributed by atoms with van der Waals surface area (Å²) in [5.74, 6) is 1.92. The third kappa shape index (κ3) is 4.87. The number of carbonyl (C=O) groups excluding carboxylic acids is 1. The van der Waals surface area contributed by atoms with Crippen LogP contribution in [0.1, 0.15) is 50.8 Å². The average molecular weight is 424 g/mol. The molecule has 0 amide bonds. The minimum Gasteiger partial charge on any atom is -0.485 e. The van der Waals surface area contributed by atoms with E-state index in [1.54, 1.807) is 0 Å². The van der Waals surface area contributed by atoms with Gasteiger partial charge in [0.2, 0.25) is 0 Å². The van der Waals surface area contributed by atoms with Crippen LogP contribution in [0.2, 0.25) is 0 Å². The molecule has 2 aliphatic rings. The van der Waals surface area contributed by atoms with Gasteiger partial charge in [0.1, 0.15) is 6.61 Å². The molecule has 0 radical (unpaired) electrons. The predicted octanol–water partition coefficient (Wildman–Crippen LogP) is 5.00. The highest BCUT2D eigenvalue weighted by Crippen LogP contribution is 2.37. The molecule has 2 aliphatic heterocycles. The van der Waals surface area contributed by atoms with E-state index in [0.717, 1.165) is 49.5 Å². The number of nitrogens with zero attached hydrogens (tertiary/aromatic N) is 1. The van der Waals surface area contributed by atoms with Crippen molar-refractivity contribution in [1.82, 2.24) is 4.90 Å². The monoisotopic (exact) mass is 423 g/mol. The molecule has 0 bridgehead atoms. The highest BCUT2D eigenvalue weighted by atomic mass is 16.6. The molecule has 5 nitrogen and oxygen atoms in total. The second kappa shape index (κ2) is 9.31. The average Bonchev–Trinajstić information content (AvgIpc) is 2.80. The number of piperidine rings is 1. The van der Waals surface area contributed by atoms with Gasteiger partial charge in [-0.1, -0.05) is 36.4 Å². The maximum absolute atomic E-state index is 12.3. The largest absolute Gasteiger partial charge is 0.485 e. The van der Waals surface area contributed by atoms with Crippen molar-refractivity contribution in [2.45, 2.75) is 46.3 Å². The summed E-state index contributed by atoms with van der Waals surface area (Å²) in [5.41, 5.74) is 2.02. The fourth-order valence-electron chi connectivity index (χ4n) is 4.58. The van der Waals surface area contributed by atoms with Gasteiger partial charge in [-0.3, -0.25) is 9.69 Å². The number of hydrogen-bond donors (Lipinski definition) is 0. The molecule has 31 heavy (non-hydrogen) atoms. The summed E-state index contributed by atoms with van der Waals surface area (Å²) in [5, 5.41) is 0. The van der Waals surface area contributed by atoms with Crippen LogP contribution in [0.5, 0.6) is 11.5 Å². The van der Waals surface area contributed by atoms with E-state index in [1.165, 1.54) is 5.56 Å². The first-order valence-corrected chi connectivity index (χ1v) is 11.3. The van der Waals surface area contributed by atoms with Crippen molar-refractivity contribution in [2.24, 2.45) is 11.3 Å². The van der Waals surface area contributed by atoms with Gasteiger partial charge in [0, 0.05) is 6.54 Å². The fraction of sp³-hybridized carbons (Fsp3) is 0.500. The van der Waals surface area contributed by atoms with E-state index in [2.05, 4.69) is 29.2 Å². The van der Waals surface area contributed by atoms with Crippen molar-refractivity contribution in [3.05, 3.63) is 59.7 Å². The van der Waals surface area contributed by atoms with Crippen LogP contribution < -0.4 is 9.47 Å². The lowest BCUT2D eigenvalue weighted by molar-refractivity contribution is -0.157. The first-order chi connectivity index (χ1) is 15.0. The number of rotatable bonds is 6. The summed E-state index contributed by atoms with van der Waals surface area (Å²) >= 11 is 0. The molecule has 2 aromatic rings. The quantitative estimate of drug-likeness (QED) is 0.612. The van der Waals surface area contributed by atoms with E-state index in [9.17, 15) is 4.79 Å². The third-order valence-corrected chi connectivity index (χ3v) is 6.68. The Hall–Kier alpha value is -2.53. The molecular formula is C26H33NO4. The maximum atomic E-state index is 12.3. The molecule has 0 spiro atoms. The van der Waals surface area contributed by atoms with Crippen LogP contribution in [-0.4, -0.2) is 37.2 Å². The van der Waals surface area contributed by atoms with E-state index in [-0.39, 0.29) is 12.1 Å². The Bertz CT molecular complexity index is 885. The first kappa shape index (κ1) is 21.7. The van der Waals surface area contributed by atoms with Crippen LogP contribution in [0.3, 0.4) is 0 Å². The smallest absolute Gasteiger partial charge is 0.311 e. The second-order valence-corrected chi connectivity index (χ2v) is 9.10. The van der Waals surface area contributed by atoms with Crippen LogP contribution in [0.15, 0.2) is 48.5 Å². The van der Waals surface area contributed by atoms with Crippen molar-refractivity contribution in [2.75, 3.05) is 26.3 Å². The second-order valence-electron chi connectivity index (χ2n) is 9.10. The van der Waals surface area contributed by atoms with Gasteiger partial charge in [-0.05, 0) is 75.9 Å². The summed E-state index contributed by atoms with van der Waals surface area (Å²) in [6.07, 6.45) is 1.97. The molecule has 1 saturated heterocycles. The molecule has 0 N–H and O–H groups in total. The van der Waals surface area contributed by atoms with Crippen molar-refractivity contribution in [3.63, 3.8) is 0 Å². The third-order valence-electron chi connectivity index (χ3n) is 6.68. The minimum atomic E-state index is -0.412. The van der Waals surface area contributed by atoms with E-state index >= 15 is 0 Å². The fourth-order valence-corrected chi connectivity index (χ4v) is 4.58. The van der Waals surface area contributed by atoms with E-state index in [4.69, 9.17) is 14.2 Å². The SMILES string of the molecule is CCOC(=O)C(C)(C)C1CCN(Cc2ccc([C@H]3COc4ccccc4O3)cc2)CC1. The van der Waals surface area contributed by atoms with Gasteiger partial charge in [0.15, 0.2) is 17.6 Å². The maximum Gasteiger partial charge on any atom is 0.311 e. The number of likely N-dealkylation sites (tertiary alicyclic amines) is 1. The molecule has 0 aliphatic carbocycles. The standard InChI is InChI=1S/C26H33NO4/c1-4-29-25(28)26(2,3)21-13-15-27(16-14-21)17-19-9-11-20(12-10-19)24-18-30-22-7-5-6-8-23(22)31-24/h5-12,21,24H,4,13-18H2,1-3H3/t24-/m1/s1. The lowest BCUT2D eigenvalue weighted by Gasteiger charge is -2.39. The molecular weight excluding hydrogens is 390 g/mol. The van der Waals surface area contributed by atoms with Crippen molar-refractivity contribution >= 4 is 5.97 Å². The minimum absolute atomic E-state index is 0.0689. The van der Waals surface area contributed by atoms with E-state index < -0.39 is 5.41 Å². The summed E-state index contributed by atoms with van der Waals surface area (Å²) < 4.78 is 17.3.